The van der Waals surface area contributed by atoms with Gasteiger partial charge in [-0.05, 0) is 148 Å². The summed E-state index contributed by atoms with van der Waals surface area (Å²) in [5.74, 6) is -0.489. The number of rotatable bonds is 8. The van der Waals surface area contributed by atoms with Crippen LogP contribution in [0.4, 0.5) is 0 Å². The zero-order valence-electron chi connectivity index (χ0n) is 34.4. The molecule has 12 unspecified atom stereocenters. The molecule has 0 radical (unpaired) electrons. The molecule has 54 heavy (non-hydrogen) atoms. The minimum Gasteiger partial charge on any atom is -0.481 e. The summed E-state index contributed by atoms with van der Waals surface area (Å²) in [4.78, 5) is 66.7. The summed E-state index contributed by atoms with van der Waals surface area (Å²) < 4.78 is 6.23. The van der Waals surface area contributed by atoms with Crippen LogP contribution in [0.5, 0.6) is 0 Å². The molecule has 6 fully saturated rings. The molecular formula is C45H68N2O7. The fraction of sp³-hybridized carbons (Fsp3) is 0.844. The second-order valence-corrected chi connectivity index (χ2v) is 20.6. The Balaban J connectivity index is 1.09. The summed E-state index contributed by atoms with van der Waals surface area (Å²) in [6.07, 6.45) is 13.6. The number of ether oxygens (including phenoxy) is 1. The Labute approximate surface area is 323 Å². The predicted octanol–water partition coefficient (Wildman–Crippen LogP) is 7.80. The molecule has 3 N–H and O–H groups in total. The number of allylic oxidation sites excluding steroid dienone is 1. The maximum Gasteiger partial charge on any atom is 0.309 e. The number of ketones is 1. The highest BCUT2D eigenvalue weighted by molar-refractivity contribution is 6.06. The lowest BCUT2D eigenvalue weighted by molar-refractivity contribution is -0.196. The minimum absolute atomic E-state index is 0.0585. The monoisotopic (exact) mass is 749 g/mol. The summed E-state index contributed by atoms with van der Waals surface area (Å²) in [6.45, 7) is 16.9. The highest BCUT2D eigenvalue weighted by Crippen LogP contribution is 2.70. The molecule has 0 spiro atoms. The van der Waals surface area contributed by atoms with Crippen LogP contribution in [0.15, 0.2) is 11.1 Å². The van der Waals surface area contributed by atoms with Crippen molar-refractivity contribution in [3.63, 3.8) is 0 Å². The summed E-state index contributed by atoms with van der Waals surface area (Å²) >= 11 is 0. The molecule has 0 heterocycles. The van der Waals surface area contributed by atoms with Gasteiger partial charge in [0.1, 0.15) is 11.5 Å². The number of carboxylic acids is 1. The number of esters is 1. The van der Waals surface area contributed by atoms with E-state index < -0.39 is 22.8 Å². The second kappa shape index (κ2) is 14.0. The van der Waals surface area contributed by atoms with E-state index in [1.54, 1.807) is 13.8 Å². The van der Waals surface area contributed by atoms with Crippen molar-refractivity contribution in [3.05, 3.63) is 11.1 Å². The third-order valence-electron chi connectivity index (χ3n) is 17.2. The van der Waals surface area contributed by atoms with Crippen molar-refractivity contribution >= 4 is 29.5 Å². The van der Waals surface area contributed by atoms with Crippen molar-refractivity contribution in [3.8, 4) is 0 Å². The largest absolute Gasteiger partial charge is 0.481 e. The molecule has 7 aliphatic carbocycles. The van der Waals surface area contributed by atoms with E-state index in [-0.39, 0.29) is 76.1 Å². The van der Waals surface area contributed by atoms with Gasteiger partial charge in [0.25, 0.3) is 0 Å². The molecule has 9 nitrogen and oxygen atoms in total. The molecule has 0 aromatic heterocycles. The van der Waals surface area contributed by atoms with Gasteiger partial charge in [-0.25, -0.2) is 0 Å². The van der Waals surface area contributed by atoms with E-state index in [2.05, 4.69) is 45.3 Å². The molecule has 0 saturated heterocycles. The Hall–Kier alpha value is -2.71. The quantitative estimate of drug-likeness (QED) is 0.170. The molecule has 7 aliphatic rings. The average Bonchev–Trinajstić information content (AvgIpc) is 3.40. The first-order chi connectivity index (χ1) is 25.4. The maximum absolute atomic E-state index is 14.3. The lowest BCUT2D eigenvalue weighted by Gasteiger charge is -2.67. The number of hydrogen-bond donors (Lipinski definition) is 3. The number of amides is 2. The van der Waals surface area contributed by atoms with Gasteiger partial charge in [-0.3, -0.25) is 24.0 Å². The molecular weight excluding hydrogens is 681 g/mol. The molecule has 9 heteroatoms. The molecule has 7 rings (SSSR count). The van der Waals surface area contributed by atoms with Gasteiger partial charge in [-0.1, -0.05) is 60.8 Å². The number of aliphatic carboxylic acids is 1. The van der Waals surface area contributed by atoms with Crippen molar-refractivity contribution < 1.29 is 33.8 Å². The van der Waals surface area contributed by atoms with E-state index in [1.165, 1.54) is 12.0 Å². The van der Waals surface area contributed by atoms with E-state index in [0.29, 0.717) is 30.6 Å². The van der Waals surface area contributed by atoms with Gasteiger partial charge in [0.05, 0.1) is 17.4 Å². The van der Waals surface area contributed by atoms with Crippen LogP contribution in [-0.2, 0) is 28.7 Å². The fourth-order valence-corrected chi connectivity index (χ4v) is 13.9. The molecule has 300 valence electrons. The van der Waals surface area contributed by atoms with Gasteiger partial charge in [-0.2, -0.15) is 0 Å². The van der Waals surface area contributed by atoms with Gasteiger partial charge in [0.15, 0.2) is 5.78 Å². The maximum atomic E-state index is 14.3. The van der Waals surface area contributed by atoms with E-state index >= 15 is 0 Å². The van der Waals surface area contributed by atoms with Gasteiger partial charge < -0.3 is 20.5 Å². The lowest BCUT2D eigenvalue weighted by Crippen LogP contribution is -2.64. The summed E-state index contributed by atoms with van der Waals surface area (Å²) in [5, 5.41) is 16.1. The van der Waals surface area contributed by atoms with Crippen LogP contribution in [0.3, 0.4) is 0 Å². The van der Waals surface area contributed by atoms with Crippen LogP contribution in [0.2, 0.25) is 0 Å². The van der Waals surface area contributed by atoms with Crippen LogP contribution >= 0.6 is 0 Å². The Morgan fingerprint density at radius 1 is 0.815 bits per heavy atom. The highest BCUT2D eigenvalue weighted by atomic mass is 16.5. The molecule has 6 saturated carbocycles. The molecule has 12 atom stereocenters. The fourth-order valence-electron chi connectivity index (χ4n) is 13.9. The van der Waals surface area contributed by atoms with Crippen molar-refractivity contribution in [2.75, 3.05) is 0 Å². The number of hydrogen-bond acceptors (Lipinski definition) is 6. The SMILES string of the molecule is CC(C)C1=C2C3CCC4C(C)(CCC5C(C)C(OC(=O)C6CC(C(=O)O)C6C)CCC54C)C3CCC2(NC(=O)C(C)(C)C(=O)NC2CCCCC2)CC1=O. The van der Waals surface area contributed by atoms with Crippen LogP contribution in [0, 0.1) is 69.5 Å². The topological polar surface area (TPSA) is 139 Å². The third-order valence-corrected chi connectivity index (χ3v) is 17.2. The Morgan fingerprint density at radius 2 is 1.46 bits per heavy atom. The number of fused-ring (bicyclic) bond motifs is 7. The third kappa shape index (κ3) is 6.19. The Morgan fingerprint density at radius 3 is 2.11 bits per heavy atom. The normalized spacial score (nSPS) is 42.2. The number of carboxylic acid groups (broad SMARTS) is 1. The second-order valence-electron chi connectivity index (χ2n) is 20.6. The summed E-state index contributed by atoms with van der Waals surface area (Å²) in [5.41, 5.74) is 0.304. The zero-order chi connectivity index (χ0) is 39.1. The first-order valence-corrected chi connectivity index (χ1v) is 21.7. The number of Topliss-reactive ketones (excluding diaryl/α,β-unsaturated/α-hetero) is 1. The Bertz CT molecular complexity index is 1590. The molecule has 0 aromatic carbocycles. The molecule has 2 amide bonds. The summed E-state index contributed by atoms with van der Waals surface area (Å²) in [6, 6.07) is 0.119. The minimum atomic E-state index is -1.25. The first kappa shape index (κ1) is 39.5. The number of carbonyl (C=O) groups excluding carboxylic acids is 4. The van der Waals surface area contributed by atoms with E-state index in [0.717, 1.165) is 82.6 Å². The van der Waals surface area contributed by atoms with E-state index in [4.69, 9.17) is 4.74 Å². The van der Waals surface area contributed by atoms with E-state index in [1.807, 2.05) is 6.92 Å². The lowest BCUT2D eigenvalue weighted by atomic mass is 9.38. The van der Waals surface area contributed by atoms with Crippen molar-refractivity contribution in [2.24, 2.45) is 69.5 Å². The van der Waals surface area contributed by atoms with Gasteiger partial charge in [0, 0.05) is 12.5 Å². The standard InChI is InChI=1S/C45H68N2O7/c1-24(2)36-33(48)23-45(47-41(53)42(5,6)40(52)46-27-12-10-9-11-13-27)21-17-32-28(37(36)45)14-15-35-43(7)20-18-34(26(4)31(43)16-19-44(32,35)8)54-39(51)30-22-29(25(30)3)38(49)50/h24-32,34-35H,9-23H2,1-8H3,(H,46,52)(H,47,53)(H,49,50). The van der Waals surface area contributed by atoms with Gasteiger partial charge in [-0.15, -0.1) is 0 Å². The van der Waals surface area contributed by atoms with Crippen LogP contribution in [0.1, 0.15) is 152 Å². The summed E-state index contributed by atoms with van der Waals surface area (Å²) in [7, 11) is 0. The molecule has 0 aromatic rings. The average molecular weight is 749 g/mol. The van der Waals surface area contributed by atoms with E-state index in [9.17, 15) is 29.1 Å². The van der Waals surface area contributed by atoms with Crippen LogP contribution < -0.4 is 10.6 Å². The van der Waals surface area contributed by atoms with Crippen LogP contribution in [-0.4, -0.2) is 52.3 Å². The van der Waals surface area contributed by atoms with Gasteiger partial charge in [0.2, 0.25) is 11.8 Å². The number of nitrogens with one attached hydrogen (secondary N) is 2. The zero-order valence-corrected chi connectivity index (χ0v) is 34.4. The molecule has 0 aliphatic heterocycles. The van der Waals surface area contributed by atoms with Crippen molar-refractivity contribution in [2.45, 2.75) is 169 Å². The Kier molecular flexibility index (Phi) is 10.3. The number of carbonyl (C=O) groups is 5. The van der Waals surface area contributed by atoms with Gasteiger partial charge >= 0.3 is 11.9 Å². The van der Waals surface area contributed by atoms with Crippen molar-refractivity contribution in [1.82, 2.24) is 10.6 Å². The van der Waals surface area contributed by atoms with Crippen molar-refractivity contribution in [1.29, 1.82) is 0 Å². The predicted molar refractivity (Wildman–Crippen MR) is 206 cm³/mol. The van der Waals surface area contributed by atoms with Crippen LogP contribution in [0.25, 0.3) is 0 Å². The first-order valence-electron chi connectivity index (χ1n) is 21.7. The smallest absolute Gasteiger partial charge is 0.309 e. The highest BCUT2D eigenvalue weighted by Gasteiger charge is 2.65. The molecule has 0 bridgehead atoms.